The molecule has 1 heterocycles. The van der Waals surface area contributed by atoms with E-state index < -0.39 is 7.36 Å². The van der Waals surface area contributed by atoms with E-state index in [-0.39, 0.29) is 0 Å². The van der Waals surface area contributed by atoms with Crippen molar-refractivity contribution >= 4 is 29.6 Å². The minimum Gasteiger partial charge on any atom is -0.324 e. The molecule has 6 heteroatoms. The van der Waals surface area contributed by atoms with E-state index in [0.717, 1.165) is 48.5 Å². The van der Waals surface area contributed by atoms with Crippen LogP contribution in [-0.2, 0) is 7.05 Å². The molecule has 0 aliphatic rings. The quantitative estimate of drug-likeness (QED) is 0.488. The standard InChI is InChI=1S/C22H32N5P/c1-6-26(7-2)28(27(8-3)9-4,24-19-15-11-10-12-16-19)22-23-20-17-13-14-18-21(20)25(22)5/h10-18H,6-9H2,1-5H3. The molecule has 150 valence electrons. The summed E-state index contributed by atoms with van der Waals surface area (Å²) in [4.78, 5) is 5.15. The Labute approximate surface area is 169 Å². The Kier molecular flexibility index (Phi) is 6.71. The van der Waals surface area contributed by atoms with Crippen LogP contribution in [0.5, 0.6) is 0 Å². The highest BCUT2D eigenvalue weighted by atomic mass is 31.2. The molecule has 0 N–H and O–H groups in total. The highest BCUT2D eigenvalue weighted by molar-refractivity contribution is 7.69. The Bertz CT molecular complexity index is 939. The largest absolute Gasteiger partial charge is 0.324 e. The maximum atomic E-state index is 5.48. The summed E-state index contributed by atoms with van der Waals surface area (Å²) < 4.78 is 12.8. The zero-order valence-electron chi connectivity index (χ0n) is 17.7. The Morgan fingerprint density at radius 3 is 1.89 bits per heavy atom. The second kappa shape index (κ2) is 9.04. The molecule has 2 aromatic carbocycles. The molecule has 1 aromatic heterocycles. The van der Waals surface area contributed by atoms with Gasteiger partial charge in [0.25, 0.3) is 0 Å². The van der Waals surface area contributed by atoms with Crippen molar-refractivity contribution in [3.8, 4) is 0 Å². The molecule has 3 rings (SSSR count). The second-order valence-corrected chi connectivity index (χ2v) is 9.61. The number of rotatable bonds is 8. The van der Waals surface area contributed by atoms with Gasteiger partial charge in [0.15, 0.2) is 12.9 Å². The van der Waals surface area contributed by atoms with Gasteiger partial charge < -0.3 is 4.57 Å². The summed E-state index contributed by atoms with van der Waals surface area (Å²) in [7, 11) is -0.125. The molecule has 3 aromatic rings. The zero-order valence-corrected chi connectivity index (χ0v) is 18.6. The van der Waals surface area contributed by atoms with Gasteiger partial charge in [-0.15, -0.1) is 0 Å². The van der Waals surface area contributed by atoms with Gasteiger partial charge in [-0.3, -0.25) is 9.34 Å². The summed E-state index contributed by atoms with van der Waals surface area (Å²) in [6, 6.07) is 18.8. The van der Waals surface area contributed by atoms with Crippen LogP contribution in [0.1, 0.15) is 27.7 Å². The fraction of sp³-hybridized carbons (Fsp3) is 0.409. The van der Waals surface area contributed by atoms with Crippen LogP contribution in [0.25, 0.3) is 11.0 Å². The van der Waals surface area contributed by atoms with E-state index in [1.54, 1.807) is 0 Å². The molecule has 0 amide bonds. The van der Waals surface area contributed by atoms with Crippen molar-refractivity contribution in [2.75, 3.05) is 26.2 Å². The van der Waals surface area contributed by atoms with Gasteiger partial charge in [0.1, 0.15) is 0 Å². The highest BCUT2D eigenvalue weighted by Crippen LogP contribution is 2.57. The maximum absolute atomic E-state index is 5.48. The van der Waals surface area contributed by atoms with E-state index in [2.05, 4.69) is 97.2 Å². The molecule has 0 aliphatic carbocycles. The molecule has 0 radical (unpaired) electrons. The van der Waals surface area contributed by atoms with Gasteiger partial charge in [0, 0.05) is 33.2 Å². The molecular formula is C22H32N5P. The monoisotopic (exact) mass is 397 g/mol. The van der Waals surface area contributed by atoms with Crippen molar-refractivity contribution in [3.63, 3.8) is 0 Å². The number of benzene rings is 2. The highest BCUT2D eigenvalue weighted by Gasteiger charge is 2.38. The van der Waals surface area contributed by atoms with Gasteiger partial charge in [-0.05, 0) is 24.3 Å². The fourth-order valence-corrected chi connectivity index (χ4v) is 7.89. The van der Waals surface area contributed by atoms with E-state index >= 15 is 0 Å². The summed E-state index contributed by atoms with van der Waals surface area (Å²) in [6.45, 7) is 12.6. The van der Waals surface area contributed by atoms with E-state index in [9.17, 15) is 0 Å². The minimum absolute atomic E-state index is 0.931. The number of hydrogen-bond acceptors (Lipinski definition) is 2. The average Bonchev–Trinajstić information content (AvgIpc) is 3.07. The molecule has 0 saturated carbocycles. The van der Waals surface area contributed by atoms with Crippen molar-refractivity contribution in [1.29, 1.82) is 0 Å². The predicted octanol–water partition coefficient (Wildman–Crippen LogP) is 5.25. The first kappa shape index (κ1) is 20.8. The molecule has 0 atom stereocenters. The molecule has 0 saturated heterocycles. The van der Waals surface area contributed by atoms with Gasteiger partial charge in [-0.1, -0.05) is 58.0 Å². The van der Waals surface area contributed by atoms with Gasteiger partial charge >= 0.3 is 0 Å². The van der Waals surface area contributed by atoms with Crippen LogP contribution in [-0.4, -0.2) is 45.1 Å². The SMILES string of the molecule is CCN(CC)P(=Nc1ccccc1)(c1nc2ccccc2n1C)N(CC)CC. The topological polar surface area (TPSA) is 36.7 Å². The summed E-state index contributed by atoms with van der Waals surface area (Å²) >= 11 is 0. The third-order valence-electron chi connectivity index (χ3n) is 5.29. The van der Waals surface area contributed by atoms with Crippen LogP contribution in [0.15, 0.2) is 59.3 Å². The number of para-hydroxylation sites is 2. The van der Waals surface area contributed by atoms with Crippen LogP contribution in [0.3, 0.4) is 0 Å². The summed E-state index contributed by atoms with van der Waals surface area (Å²) in [5.74, 6) is 0. The molecule has 5 nitrogen and oxygen atoms in total. The lowest BCUT2D eigenvalue weighted by Crippen LogP contribution is -2.40. The molecule has 0 fully saturated rings. The lowest BCUT2D eigenvalue weighted by Gasteiger charge is -2.41. The van der Waals surface area contributed by atoms with Gasteiger partial charge in [0.05, 0.1) is 16.7 Å². The Morgan fingerprint density at radius 2 is 1.36 bits per heavy atom. The minimum atomic E-state index is -2.26. The molecule has 0 bridgehead atoms. The van der Waals surface area contributed by atoms with E-state index in [1.807, 2.05) is 6.07 Å². The van der Waals surface area contributed by atoms with Crippen molar-refractivity contribution in [3.05, 3.63) is 54.6 Å². The number of hydrogen-bond donors (Lipinski definition) is 0. The Morgan fingerprint density at radius 1 is 0.821 bits per heavy atom. The zero-order chi connectivity index (χ0) is 20.1. The Balaban J connectivity index is 2.43. The second-order valence-electron chi connectivity index (χ2n) is 6.74. The smallest absolute Gasteiger partial charge is 0.179 e. The number of imidazole rings is 1. The lowest BCUT2D eigenvalue weighted by atomic mass is 10.3. The number of aryl methyl sites for hydroxylation is 1. The Hall–Kier alpha value is -1.94. The first-order valence-corrected chi connectivity index (χ1v) is 11.9. The first-order chi connectivity index (χ1) is 13.6. The van der Waals surface area contributed by atoms with Crippen LogP contribution >= 0.6 is 7.36 Å². The van der Waals surface area contributed by atoms with Crippen LogP contribution in [0.4, 0.5) is 5.69 Å². The summed E-state index contributed by atoms with van der Waals surface area (Å²) in [5, 5.41) is 0. The molecule has 28 heavy (non-hydrogen) atoms. The van der Waals surface area contributed by atoms with Gasteiger partial charge in [0.2, 0.25) is 0 Å². The van der Waals surface area contributed by atoms with Crippen molar-refractivity contribution in [2.24, 2.45) is 11.8 Å². The summed E-state index contributed by atoms with van der Waals surface area (Å²) in [6.07, 6.45) is 0. The normalized spacial score (nSPS) is 12.2. The van der Waals surface area contributed by atoms with Crippen molar-refractivity contribution in [1.82, 2.24) is 18.9 Å². The lowest BCUT2D eigenvalue weighted by molar-refractivity contribution is 0.419. The number of fused-ring (bicyclic) bond motifs is 1. The maximum Gasteiger partial charge on any atom is 0.179 e. The molecule has 0 unspecified atom stereocenters. The van der Waals surface area contributed by atoms with Crippen LogP contribution < -0.4 is 5.57 Å². The van der Waals surface area contributed by atoms with E-state index in [1.165, 1.54) is 0 Å². The first-order valence-electron chi connectivity index (χ1n) is 10.2. The molecular weight excluding hydrogens is 365 g/mol. The third kappa shape index (κ3) is 3.55. The van der Waals surface area contributed by atoms with Gasteiger partial charge in [-0.25, -0.2) is 9.73 Å². The van der Waals surface area contributed by atoms with Crippen molar-refractivity contribution < 1.29 is 0 Å². The number of nitrogens with zero attached hydrogens (tertiary/aromatic N) is 5. The summed E-state index contributed by atoms with van der Waals surface area (Å²) in [5.41, 5.74) is 4.28. The van der Waals surface area contributed by atoms with Gasteiger partial charge in [-0.2, -0.15) is 0 Å². The van der Waals surface area contributed by atoms with Crippen LogP contribution in [0.2, 0.25) is 0 Å². The van der Waals surface area contributed by atoms with E-state index in [0.29, 0.717) is 0 Å². The average molecular weight is 398 g/mol. The van der Waals surface area contributed by atoms with Crippen molar-refractivity contribution in [2.45, 2.75) is 27.7 Å². The predicted molar refractivity (Wildman–Crippen MR) is 122 cm³/mol. The number of aromatic nitrogens is 2. The molecule has 0 spiro atoms. The third-order valence-corrected chi connectivity index (χ3v) is 9.45. The van der Waals surface area contributed by atoms with Crippen LogP contribution in [0, 0.1) is 0 Å². The fourth-order valence-electron chi connectivity index (χ4n) is 3.90. The van der Waals surface area contributed by atoms with E-state index in [4.69, 9.17) is 9.73 Å². The molecule has 0 aliphatic heterocycles.